The van der Waals surface area contributed by atoms with Crippen LogP contribution in [0.5, 0.6) is 0 Å². The van der Waals surface area contributed by atoms with Crippen molar-refractivity contribution in [1.29, 1.82) is 0 Å². The molecule has 0 unspecified atom stereocenters. The predicted molar refractivity (Wildman–Crippen MR) is 74.7 cm³/mol. The van der Waals surface area contributed by atoms with Gasteiger partial charge in [0.05, 0.1) is 0 Å². The summed E-state index contributed by atoms with van der Waals surface area (Å²) in [5.41, 5.74) is 1.26. The van der Waals surface area contributed by atoms with E-state index in [1.54, 1.807) is 6.07 Å². The minimum Gasteiger partial charge on any atom is -0.204 e. The monoisotopic (exact) mass is 248 g/mol. The van der Waals surface area contributed by atoms with Gasteiger partial charge in [0.15, 0.2) is 11.6 Å². The number of rotatable bonds is 2. The lowest BCUT2D eigenvalue weighted by Gasteiger charge is -2.09. The molecule has 0 aliphatic rings. The van der Waals surface area contributed by atoms with Crippen LogP contribution in [0.4, 0.5) is 8.78 Å². The Labute approximate surface area is 107 Å². The zero-order valence-electron chi connectivity index (χ0n) is 11.1. The van der Waals surface area contributed by atoms with Gasteiger partial charge in [-0.2, -0.15) is 0 Å². The van der Waals surface area contributed by atoms with E-state index >= 15 is 0 Å². The molecule has 0 amide bonds. The van der Waals surface area contributed by atoms with Crippen LogP contribution in [0.3, 0.4) is 0 Å². The van der Waals surface area contributed by atoms with Gasteiger partial charge in [-0.1, -0.05) is 51.6 Å². The highest BCUT2D eigenvalue weighted by Gasteiger charge is 2.12. The lowest BCUT2D eigenvalue weighted by Crippen LogP contribution is -1.94. The van der Waals surface area contributed by atoms with Gasteiger partial charge in [0.2, 0.25) is 0 Å². The van der Waals surface area contributed by atoms with Crippen LogP contribution < -0.4 is 0 Å². The molecule has 2 rings (SSSR count). The van der Waals surface area contributed by atoms with Gasteiger partial charge in [-0.25, -0.2) is 8.78 Å². The lowest BCUT2D eigenvalue weighted by molar-refractivity contribution is 0.509. The Hall–Kier alpha value is -1.70. The van der Waals surface area contributed by atoms with Gasteiger partial charge >= 0.3 is 0 Å². The average Bonchev–Trinajstić information content (AvgIpc) is 2.42. The number of fused-ring (bicyclic) bond motifs is 1. The maximum atomic E-state index is 13.6. The Morgan fingerprint density at radius 1 is 1.22 bits per heavy atom. The summed E-state index contributed by atoms with van der Waals surface area (Å²) in [6.07, 6.45) is 2.16. The molecule has 2 aromatic carbocycles. The fraction of sp³-hybridized carbons (Fsp3) is 0.250. The maximum absolute atomic E-state index is 13.6. The highest BCUT2D eigenvalue weighted by Crippen LogP contribution is 2.28. The molecule has 0 atom stereocenters. The second-order valence-electron chi connectivity index (χ2n) is 3.66. The van der Waals surface area contributed by atoms with E-state index < -0.39 is 11.6 Å². The molecule has 2 aromatic rings. The summed E-state index contributed by atoms with van der Waals surface area (Å²) in [5, 5.41) is 1.48. The molecule has 0 saturated carbocycles. The second kappa shape index (κ2) is 6.29. The molecule has 0 aliphatic heterocycles. The third-order valence-corrected chi connectivity index (χ3v) is 2.77. The molecule has 0 aromatic heterocycles. The fourth-order valence-corrected chi connectivity index (χ4v) is 1.99. The Morgan fingerprint density at radius 3 is 2.44 bits per heavy atom. The average molecular weight is 248 g/mol. The van der Waals surface area contributed by atoms with Gasteiger partial charge in [0, 0.05) is 5.56 Å². The first-order chi connectivity index (χ1) is 8.69. The van der Waals surface area contributed by atoms with Gasteiger partial charge in [-0.15, -0.1) is 0 Å². The third kappa shape index (κ3) is 2.42. The highest BCUT2D eigenvalue weighted by atomic mass is 19.2. The van der Waals surface area contributed by atoms with E-state index in [0.717, 1.165) is 17.4 Å². The topological polar surface area (TPSA) is 0 Å². The molecule has 2 heteroatoms. The van der Waals surface area contributed by atoms with Crippen molar-refractivity contribution in [2.24, 2.45) is 0 Å². The maximum Gasteiger partial charge on any atom is 0.166 e. The Kier molecular flexibility index (Phi) is 5.02. The largest absolute Gasteiger partial charge is 0.204 e. The van der Waals surface area contributed by atoms with E-state index in [1.165, 1.54) is 12.1 Å². The molecule has 0 saturated heterocycles. The van der Waals surface area contributed by atoms with E-state index in [2.05, 4.69) is 6.58 Å². The highest BCUT2D eigenvalue weighted by molar-refractivity contribution is 5.93. The summed E-state index contributed by atoms with van der Waals surface area (Å²) in [4.78, 5) is 0. The third-order valence-electron chi connectivity index (χ3n) is 2.77. The Morgan fingerprint density at radius 2 is 1.89 bits per heavy atom. The molecule has 0 N–H and O–H groups in total. The van der Waals surface area contributed by atoms with Crippen LogP contribution in [0.15, 0.2) is 30.8 Å². The minimum atomic E-state index is -0.823. The molecule has 0 nitrogen and oxygen atoms in total. The van der Waals surface area contributed by atoms with Crippen molar-refractivity contribution in [3.8, 4) is 0 Å². The second-order valence-corrected chi connectivity index (χ2v) is 3.66. The number of halogens is 2. The van der Waals surface area contributed by atoms with Crippen molar-refractivity contribution < 1.29 is 8.78 Å². The molecule has 0 spiro atoms. The van der Waals surface area contributed by atoms with Gasteiger partial charge < -0.3 is 0 Å². The molecular weight excluding hydrogens is 230 g/mol. The first-order valence-electron chi connectivity index (χ1n) is 6.21. The van der Waals surface area contributed by atoms with Crippen molar-refractivity contribution in [3.05, 3.63) is 53.6 Å². The Balaban J connectivity index is 0.000000771. The smallest absolute Gasteiger partial charge is 0.166 e. The first-order valence-corrected chi connectivity index (χ1v) is 6.21. The molecule has 0 fully saturated rings. The summed E-state index contributed by atoms with van der Waals surface area (Å²) >= 11 is 0. The number of benzene rings is 2. The van der Waals surface area contributed by atoms with Gasteiger partial charge in [-0.05, 0) is 28.8 Å². The standard InChI is InChI=1S/C14H12F2.C2H6/c1-3-9-6-5-7-10-8-12(15)14(16)11(4-2)13(9)10;1-2/h4-8H,2-3H2,1H3;1-2H3. The van der Waals surface area contributed by atoms with Gasteiger partial charge in [-0.3, -0.25) is 0 Å². The summed E-state index contributed by atoms with van der Waals surface area (Å²) < 4.78 is 26.9. The van der Waals surface area contributed by atoms with E-state index in [9.17, 15) is 8.78 Å². The summed E-state index contributed by atoms with van der Waals surface area (Å²) in [6, 6.07) is 6.79. The van der Waals surface area contributed by atoms with Crippen molar-refractivity contribution in [2.45, 2.75) is 27.2 Å². The summed E-state index contributed by atoms with van der Waals surface area (Å²) in [5.74, 6) is -1.64. The quantitative estimate of drug-likeness (QED) is 0.672. The lowest BCUT2D eigenvalue weighted by atomic mass is 9.97. The number of hydrogen-bond donors (Lipinski definition) is 0. The minimum absolute atomic E-state index is 0.257. The molecule has 0 radical (unpaired) electrons. The van der Waals surface area contributed by atoms with E-state index in [4.69, 9.17) is 0 Å². The molecular formula is C16H18F2. The first kappa shape index (κ1) is 14.4. The number of hydrogen-bond acceptors (Lipinski definition) is 0. The van der Waals surface area contributed by atoms with Crippen LogP contribution in [0.25, 0.3) is 16.8 Å². The SMILES string of the molecule is C=Cc1c(F)c(F)cc2cccc(CC)c12.CC. The van der Waals surface area contributed by atoms with E-state index in [1.807, 2.05) is 32.9 Å². The molecule has 96 valence electrons. The fourth-order valence-electron chi connectivity index (χ4n) is 1.99. The molecule has 0 heterocycles. The van der Waals surface area contributed by atoms with Crippen molar-refractivity contribution in [3.63, 3.8) is 0 Å². The van der Waals surface area contributed by atoms with Crippen molar-refractivity contribution in [2.75, 3.05) is 0 Å². The van der Waals surface area contributed by atoms with Crippen molar-refractivity contribution >= 4 is 16.8 Å². The molecule has 18 heavy (non-hydrogen) atoms. The zero-order valence-corrected chi connectivity index (χ0v) is 11.1. The van der Waals surface area contributed by atoms with E-state index in [0.29, 0.717) is 5.39 Å². The van der Waals surface area contributed by atoms with Crippen LogP contribution in [-0.2, 0) is 6.42 Å². The van der Waals surface area contributed by atoms with Crippen LogP contribution in [0.2, 0.25) is 0 Å². The van der Waals surface area contributed by atoms with Gasteiger partial charge in [0.25, 0.3) is 0 Å². The number of aryl methyl sites for hydroxylation is 1. The summed E-state index contributed by atoms with van der Waals surface area (Å²) in [7, 11) is 0. The van der Waals surface area contributed by atoms with Crippen molar-refractivity contribution in [1.82, 2.24) is 0 Å². The van der Waals surface area contributed by atoms with Crippen LogP contribution >= 0.6 is 0 Å². The van der Waals surface area contributed by atoms with Crippen LogP contribution in [0, 0.1) is 11.6 Å². The molecule has 0 bridgehead atoms. The normalized spacial score (nSPS) is 9.83. The van der Waals surface area contributed by atoms with Crippen LogP contribution in [0.1, 0.15) is 31.9 Å². The van der Waals surface area contributed by atoms with Crippen LogP contribution in [-0.4, -0.2) is 0 Å². The Bertz CT molecular complexity index is 557. The molecule has 0 aliphatic carbocycles. The van der Waals surface area contributed by atoms with Gasteiger partial charge in [0.1, 0.15) is 0 Å². The zero-order chi connectivity index (χ0) is 13.7. The summed E-state index contributed by atoms with van der Waals surface area (Å²) in [6.45, 7) is 9.54. The van der Waals surface area contributed by atoms with E-state index in [-0.39, 0.29) is 5.56 Å². The predicted octanol–water partition coefficient (Wildman–Crippen LogP) is 5.35.